The fourth-order valence-electron chi connectivity index (χ4n) is 3.01. The van der Waals surface area contributed by atoms with E-state index in [0.29, 0.717) is 21.4 Å². The second-order valence-electron chi connectivity index (χ2n) is 6.26. The SMILES string of the molecule is N#Cc1c(/N=C/c2ccc(Cl)c(Cl)c2)oc(-c2ccccc2)c1-c1ccccc1. The molecule has 4 aromatic rings. The van der Waals surface area contributed by atoms with Crippen molar-refractivity contribution in [3.05, 3.63) is 100 Å². The van der Waals surface area contributed by atoms with E-state index in [1.54, 1.807) is 24.4 Å². The van der Waals surface area contributed by atoms with E-state index in [4.69, 9.17) is 27.6 Å². The summed E-state index contributed by atoms with van der Waals surface area (Å²) in [7, 11) is 0. The van der Waals surface area contributed by atoms with Crippen LogP contribution in [-0.4, -0.2) is 6.21 Å². The molecule has 3 nitrogen and oxygen atoms in total. The van der Waals surface area contributed by atoms with Crippen LogP contribution >= 0.6 is 23.2 Å². The lowest BCUT2D eigenvalue weighted by Gasteiger charge is -2.03. The average molecular weight is 417 g/mol. The highest BCUT2D eigenvalue weighted by atomic mass is 35.5. The third-order valence-corrected chi connectivity index (χ3v) is 5.11. The third-order valence-electron chi connectivity index (χ3n) is 4.37. The van der Waals surface area contributed by atoms with Gasteiger partial charge in [-0.15, -0.1) is 0 Å². The summed E-state index contributed by atoms with van der Waals surface area (Å²) in [4.78, 5) is 4.43. The molecule has 0 aliphatic rings. The summed E-state index contributed by atoms with van der Waals surface area (Å²) < 4.78 is 6.07. The van der Waals surface area contributed by atoms with Crippen molar-refractivity contribution < 1.29 is 4.42 Å². The van der Waals surface area contributed by atoms with E-state index in [0.717, 1.165) is 22.3 Å². The van der Waals surface area contributed by atoms with Gasteiger partial charge in [0.25, 0.3) is 0 Å². The van der Waals surface area contributed by atoms with E-state index >= 15 is 0 Å². The van der Waals surface area contributed by atoms with Gasteiger partial charge < -0.3 is 4.42 Å². The molecular weight excluding hydrogens is 403 g/mol. The van der Waals surface area contributed by atoms with Gasteiger partial charge in [-0.3, -0.25) is 0 Å². The maximum Gasteiger partial charge on any atom is 0.238 e. The standard InChI is InChI=1S/C24H14Cl2N2O/c25-20-12-11-16(13-21(20)26)15-28-24-19(14-27)22(17-7-3-1-4-8-17)23(29-24)18-9-5-2-6-10-18/h1-13,15H/b28-15+. The molecule has 0 bridgehead atoms. The molecule has 29 heavy (non-hydrogen) atoms. The molecule has 0 saturated heterocycles. The molecule has 0 saturated carbocycles. The summed E-state index contributed by atoms with van der Waals surface area (Å²) in [5.41, 5.74) is 3.62. The minimum atomic E-state index is 0.247. The first-order valence-corrected chi connectivity index (χ1v) is 9.60. The highest BCUT2D eigenvalue weighted by Crippen LogP contribution is 2.42. The van der Waals surface area contributed by atoms with E-state index in [-0.39, 0.29) is 5.88 Å². The number of nitriles is 1. The van der Waals surface area contributed by atoms with Crippen LogP contribution in [0.1, 0.15) is 11.1 Å². The largest absolute Gasteiger partial charge is 0.436 e. The Balaban J connectivity index is 1.87. The quantitative estimate of drug-likeness (QED) is 0.322. The molecule has 0 unspecified atom stereocenters. The Hall–Kier alpha value is -3.32. The predicted molar refractivity (Wildman–Crippen MR) is 118 cm³/mol. The van der Waals surface area contributed by atoms with Crippen molar-refractivity contribution in [3.63, 3.8) is 0 Å². The van der Waals surface area contributed by atoms with Gasteiger partial charge in [-0.1, -0.05) is 89.9 Å². The minimum Gasteiger partial charge on any atom is -0.436 e. The molecule has 0 atom stereocenters. The zero-order valence-corrected chi connectivity index (χ0v) is 16.7. The molecule has 0 radical (unpaired) electrons. The zero-order valence-electron chi connectivity index (χ0n) is 15.1. The van der Waals surface area contributed by atoms with Crippen molar-refractivity contribution in [1.82, 2.24) is 0 Å². The molecule has 0 aliphatic heterocycles. The van der Waals surface area contributed by atoms with Gasteiger partial charge in [0.05, 0.1) is 10.0 Å². The molecular formula is C24H14Cl2N2O. The lowest BCUT2D eigenvalue weighted by atomic mass is 9.98. The summed E-state index contributed by atoms with van der Waals surface area (Å²) >= 11 is 12.0. The number of benzene rings is 3. The second-order valence-corrected chi connectivity index (χ2v) is 7.08. The van der Waals surface area contributed by atoms with Gasteiger partial charge in [0, 0.05) is 17.3 Å². The maximum atomic E-state index is 9.88. The smallest absolute Gasteiger partial charge is 0.238 e. The van der Waals surface area contributed by atoms with Crippen molar-refractivity contribution in [1.29, 1.82) is 5.26 Å². The van der Waals surface area contributed by atoms with Gasteiger partial charge in [-0.05, 0) is 23.3 Å². The first kappa shape index (κ1) is 19.0. The second kappa shape index (κ2) is 8.36. The Morgan fingerprint density at radius 1 is 0.828 bits per heavy atom. The van der Waals surface area contributed by atoms with Crippen LogP contribution in [0, 0.1) is 11.3 Å². The number of rotatable bonds is 4. The molecule has 0 spiro atoms. The van der Waals surface area contributed by atoms with Gasteiger partial charge in [0.15, 0.2) is 0 Å². The molecule has 5 heteroatoms. The summed E-state index contributed by atoms with van der Waals surface area (Å²) in [5.74, 6) is 0.853. The van der Waals surface area contributed by atoms with Crippen molar-refractivity contribution in [2.45, 2.75) is 0 Å². The van der Waals surface area contributed by atoms with Crippen LogP contribution in [0.2, 0.25) is 10.0 Å². The predicted octanol–water partition coefficient (Wildman–Crippen LogP) is 7.54. The van der Waals surface area contributed by atoms with Crippen molar-refractivity contribution in [3.8, 4) is 28.5 Å². The van der Waals surface area contributed by atoms with E-state index < -0.39 is 0 Å². The van der Waals surface area contributed by atoms with Gasteiger partial charge in [0.2, 0.25) is 5.88 Å². The van der Waals surface area contributed by atoms with Crippen LogP contribution < -0.4 is 0 Å². The maximum absolute atomic E-state index is 9.88. The highest BCUT2D eigenvalue weighted by molar-refractivity contribution is 6.42. The topological polar surface area (TPSA) is 49.3 Å². The Morgan fingerprint density at radius 3 is 2.10 bits per heavy atom. The lowest BCUT2D eigenvalue weighted by molar-refractivity contribution is 0.593. The Labute approximate surface area is 178 Å². The highest BCUT2D eigenvalue weighted by Gasteiger charge is 2.22. The Bertz CT molecular complexity index is 1220. The average Bonchev–Trinajstić information content (AvgIpc) is 3.14. The Kier molecular flexibility index (Phi) is 5.48. The van der Waals surface area contributed by atoms with Crippen LogP contribution in [0.5, 0.6) is 0 Å². The summed E-state index contributed by atoms with van der Waals surface area (Å²) in [5, 5.41) is 10.8. The first-order chi connectivity index (χ1) is 14.2. The van der Waals surface area contributed by atoms with E-state index in [1.807, 2.05) is 60.7 Å². The molecule has 3 aromatic carbocycles. The first-order valence-electron chi connectivity index (χ1n) is 8.84. The number of halogens is 2. The van der Waals surface area contributed by atoms with Crippen molar-refractivity contribution >= 4 is 35.3 Å². The van der Waals surface area contributed by atoms with Crippen LogP contribution in [0.25, 0.3) is 22.5 Å². The van der Waals surface area contributed by atoms with Crippen molar-refractivity contribution in [2.24, 2.45) is 4.99 Å². The third kappa shape index (κ3) is 3.95. The minimum absolute atomic E-state index is 0.247. The van der Waals surface area contributed by atoms with Gasteiger partial charge in [0.1, 0.15) is 17.4 Å². The number of hydrogen-bond donors (Lipinski definition) is 0. The monoisotopic (exact) mass is 416 g/mol. The zero-order chi connectivity index (χ0) is 20.2. The van der Waals surface area contributed by atoms with E-state index in [9.17, 15) is 5.26 Å². The summed E-state index contributed by atoms with van der Waals surface area (Å²) in [6.07, 6.45) is 1.60. The number of nitrogens with zero attached hydrogens (tertiary/aromatic N) is 2. The van der Waals surface area contributed by atoms with E-state index in [2.05, 4.69) is 11.1 Å². The summed E-state index contributed by atoms with van der Waals surface area (Å²) in [6, 6.07) is 26.8. The van der Waals surface area contributed by atoms with Crippen LogP contribution in [0.4, 0.5) is 5.88 Å². The fraction of sp³-hybridized carbons (Fsp3) is 0. The molecule has 4 rings (SSSR count). The molecule has 0 amide bonds. The van der Waals surface area contributed by atoms with Crippen LogP contribution in [-0.2, 0) is 0 Å². The van der Waals surface area contributed by atoms with Crippen LogP contribution in [0.3, 0.4) is 0 Å². The molecule has 1 aromatic heterocycles. The van der Waals surface area contributed by atoms with E-state index in [1.165, 1.54) is 0 Å². The molecule has 1 heterocycles. The number of aliphatic imine (C=N–C) groups is 1. The van der Waals surface area contributed by atoms with Gasteiger partial charge in [-0.25, -0.2) is 4.99 Å². The normalized spacial score (nSPS) is 10.9. The number of furan rings is 1. The van der Waals surface area contributed by atoms with Crippen molar-refractivity contribution in [2.75, 3.05) is 0 Å². The van der Waals surface area contributed by atoms with Gasteiger partial charge in [-0.2, -0.15) is 5.26 Å². The van der Waals surface area contributed by atoms with Gasteiger partial charge >= 0.3 is 0 Å². The summed E-state index contributed by atoms with van der Waals surface area (Å²) in [6.45, 7) is 0. The molecule has 0 fully saturated rings. The Morgan fingerprint density at radius 2 is 1.48 bits per heavy atom. The lowest BCUT2D eigenvalue weighted by Crippen LogP contribution is -1.83. The number of hydrogen-bond acceptors (Lipinski definition) is 3. The molecule has 0 aliphatic carbocycles. The van der Waals surface area contributed by atoms with Crippen LogP contribution in [0.15, 0.2) is 88.3 Å². The molecule has 0 N–H and O–H groups in total. The molecule has 140 valence electrons. The fourth-order valence-corrected chi connectivity index (χ4v) is 3.32.